The molecule has 1 heterocycles. The van der Waals surface area contributed by atoms with Crippen LogP contribution in [0.2, 0.25) is 0 Å². The minimum atomic E-state index is -2.18. The van der Waals surface area contributed by atoms with Gasteiger partial charge < -0.3 is 5.73 Å². The molecule has 12 heavy (non-hydrogen) atoms. The van der Waals surface area contributed by atoms with Crippen molar-refractivity contribution in [2.75, 3.05) is 18.1 Å². The summed E-state index contributed by atoms with van der Waals surface area (Å²) in [6, 6.07) is 0. The zero-order valence-corrected chi connectivity index (χ0v) is 7.83. The number of hydrogen-bond donors (Lipinski definition) is 1. The second-order valence-electron chi connectivity index (χ2n) is 3.20. The Morgan fingerprint density at radius 3 is 2.67 bits per heavy atom. The maximum absolute atomic E-state index is 12.5. The Bertz CT molecular complexity index is 126. The van der Waals surface area contributed by atoms with Crippen LogP contribution in [0.15, 0.2) is 0 Å². The van der Waals surface area contributed by atoms with Crippen LogP contribution in [0.4, 0.5) is 8.78 Å². The predicted molar refractivity (Wildman–Crippen MR) is 48.6 cm³/mol. The molecule has 0 aliphatic carbocycles. The molecule has 0 aromatic rings. The molecule has 0 aromatic heterocycles. The summed E-state index contributed by atoms with van der Waals surface area (Å²) in [7, 11) is 0. The van der Waals surface area contributed by atoms with Crippen molar-refractivity contribution in [3.8, 4) is 0 Å². The molecule has 1 aliphatic heterocycles. The quantitative estimate of drug-likeness (QED) is 0.742. The topological polar surface area (TPSA) is 26.0 Å². The van der Waals surface area contributed by atoms with E-state index in [1.54, 1.807) is 11.8 Å². The summed E-state index contributed by atoms with van der Waals surface area (Å²) in [5, 5.41) is 0. The van der Waals surface area contributed by atoms with Crippen LogP contribution in [-0.4, -0.2) is 24.5 Å². The first-order chi connectivity index (χ1) is 5.75. The lowest BCUT2D eigenvalue weighted by atomic mass is 9.89. The Kier molecular flexibility index (Phi) is 4.29. The van der Waals surface area contributed by atoms with E-state index in [4.69, 9.17) is 5.73 Å². The molecule has 1 nitrogen and oxygen atoms in total. The lowest BCUT2D eigenvalue weighted by molar-refractivity contribution is 0.0458. The Balaban J connectivity index is 2.40. The van der Waals surface area contributed by atoms with Gasteiger partial charge in [-0.1, -0.05) is 0 Å². The third-order valence-corrected chi connectivity index (χ3v) is 3.58. The second-order valence-corrected chi connectivity index (χ2v) is 4.35. The van der Waals surface area contributed by atoms with Gasteiger partial charge in [-0.15, -0.1) is 0 Å². The first-order valence-corrected chi connectivity index (χ1v) is 5.47. The molecule has 0 saturated carbocycles. The van der Waals surface area contributed by atoms with E-state index < -0.39 is 12.3 Å². The molecule has 1 saturated heterocycles. The zero-order chi connectivity index (χ0) is 8.97. The fraction of sp³-hybridized carbons (Fsp3) is 1.00. The average molecular weight is 195 g/mol. The molecule has 2 N–H and O–H groups in total. The van der Waals surface area contributed by atoms with E-state index in [9.17, 15) is 8.78 Å². The summed E-state index contributed by atoms with van der Waals surface area (Å²) in [5.74, 6) is 1.69. The van der Waals surface area contributed by atoms with Gasteiger partial charge in [-0.05, 0) is 36.8 Å². The van der Waals surface area contributed by atoms with Crippen molar-refractivity contribution in [3.63, 3.8) is 0 Å². The van der Waals surface area contributed by atoms with Gasteiger partial charge in [-0.2, -0.15) is 11.8 Å². The van der Waals surface area contributed by atoms with Crippen molar-refractivity contribution in [1.29, 1.82) is 0 Å². The minimum Gasteiger partial charge on any atom is -0.330 e. The SMILES string of the molecule is NCCC(C(F)F)C1CCSC1. The van der Waals surface area contributed by atoms with Crippen molar-refractivity contribution >= 4 is 11.8 Å². The van der Waals surface area contributed by atoms with Gasteiger partial charge >= 0.3 is 0 Å². The number of rotatable bonds is 4. The van der Waals surface area contributed by atoms with Crippen molar-refractivity contribution in [2.45, 2.75) is 19.3 Å². The highest BCUT2D eigenvalue weighted by atomic mass is 32.2. The summed E-state index contributed by atoms with van der Waals surface area (Å²) >= 11 is 1.78. The Morgan fingerprint density at radius 1 is 1.50 bits per heavy atom. The monoisotopic (exact) mass is 195 g/mol. The molecule has 0 radical (unpaired) electrons. The molecular formula is C8H15F2NS. The van der Waals surface area contributed by atoms with Crippen LogP contribution in [0, 0.1) is 11.8 Å². The normalized spacial score (nSPS) is 26.5. The molecule has 1 aliphatic rings. The van der Waals surface area contributed by atoms with E-state index in [2.05, 4.69) is 0 Å². The highest BCUT2D eigenvalue weighted by Gasteiger charge is 2.31. The van der Waals surface area contributed by atoms with E-state index in [-0.39, 0.29) is 5.92 Å². The molecule has 0 amide bonds. The molecule has 2 atom stereocenters. The van der Waals surface area contributed by atoms with Crippen LogP contribution < -0.4 is 5.73 Å². The van der Waals surface area contributed by atoms with E-state index in [0.29, 0.717) is 13.0 Å². The predicted octanol–water partition coefficient (Wildman–Crippen LogP) is 1.97. The van der Waals surface area contributed by atoms with Crippen LogP contribution in [0.1, 0.15) is 12.8 Å². The third-order valence-electron chi connectivity index (χ3n) is 2.39. The van der Waals surface area contributed by atoms with Gasteiger partial charge in [-0.25, -0.2) is 8.78 Å². The van der Waals surface area contributed by atoms with Crippen LogP contribution in [0.3, 0.4) is 0 Å². The molecule has 1 fully saturated rings. The Labute approximate surface area is 76.1 Å². The first-order valence-electron chi connectivity index (χ1n) is 4.31. The van der Waals surface area contributed by atoms with Crippen LogP contribution in [0.25, 0.3) is 0 Å². The van der Waals surface area contributed by atoms with E-state index in [1.165, 1.54) is 0 Å². The van der Waals surface area contributed by atoms with Gasteiger partial charge in [0.25, 0.3) is 0 Å². The lowest BCUT2D eigenvalue weighted by Gasteiger charge is -2.20. The third kappa shape index (κ3) is 2.59. The van der Waals surface area contributed by atoms with E-state index in [1.807, 2.05) is 0 Å². The summed E-state index contributed by atoms with van der Waals surface area (Å²) in [5.41, 5.74) is 5.29. The number of halogens is 2. The maximum atomic E-state index is 12.5. The molecule has 0 aromatic carbocycles. The average Bonchev–Trinajstić information content (AvgIpc) is 2.51. The fourth-order valence-electron chi connectivity index (χ4n) is 1.65. The number of alkyl halides is 2. The molecule has 72 valence electrons. The van der Waals surface area contributed by atoms with Crippen molar-refractivity contribution in [1.82, 2.24) is 0 Å². The van der Waals surface area contributed by atoms with Crippen LogP contribution in [0.5, 0.6) is 0 Å². The zero-order valence-electron chi connectivity index (χ0n) is 7.01. The number of nitrogens with two attached hydrogens (primary N) is 1. The van der Waals surface area contributed by atoms with Gasteiger partial charge in [0, 0.05) is 5.92 Å². The van der Waals surface area contributed by atoms with Gasteiger partial charge in [0.15, 0.2) is 0 Å². The Morgan fingerprint density at radius 2 is 2.25 bits per heavy atom. The maximum Gasteiger partial charge on any atom is 0.241 e. The number of thioether (sulfide) groups is 1. The second kappa shape index (κ2) is 5.02. The van der Waals surface area contributed by atoms with Crippen molar-refractivity contribution < 1.29 is 8.78 Å². The molecular weight excluding hydrogens is 180 g/mol. The van der Waals surface area contributed by atoms with Crippen LogP contribution in [-0.2, 0) is 0 Å². The van der Waals surface area contributed by atoms with E-state index in [0.717, 1.165) is 17.9 Å². The lowest BCUT2D eigenvalue weighted by Crippen LogP contribution is -2.24. The smallest absolute Gasteiger partial charge is 0.241 e. The van der Waals surface area contributed by atoms with Crippen molar-refractivity contribution in [2.24, 2.45) is 17.6 Å². The minimum absolute atomic E-state index is 0.207. The molecule has 0 spiro atoms. The molecule has 4 heteroatoms. The summed E-state index contributed by atoms with van der Waals surface area (Å²) < 4.78 is 24.9. The van der Waals surface area contributed by atoms with Gasteiger partial charge in [-0.3, -0.25) is 0 Å². The molecule has 2 unspecified atom stereocenters. The fourth-order valence-corrected chi connectivity index (χ4v) is 3.00. The Hall–Kier alpha value is 0.170. The summed E-state index contributed by atoms with van der Waals surface area (Å²) in [4.78, 5) is 0. The first kappa shape index (κ1) is 10.3. The van der Waals surface area contributed by atoms with Crippen molar-refractivity contribution in [3.05, 3.63) is 0 Å². The van der Waals surface area contributed by atoms with Gasteiger partial charge in [0.2, 0.25) is 6.43 Å². The molecule has 1 rings (SSSR count). The largest absolute Gasteiger partial charge is 0.330 e. The highest BCUT2D eigenvalue weighted by Crippen LogP contribution is 2.34. The van der Waals surface area contributed by atoms with Gasteiger partial charge in [0.1, 0.15) is 0 Å². The summed E-state index contributed by atoms with van der Waals surface area (Å²) in [6.07, 6.45) is -0.764. The van der Waals surface area contributed by atoms with Gasteiger partial charge in [0.05, 0.1) is 0 Å². The standard InChI is InChI=1S/C8H15F2NS/c9-8(10)7(1-3-11)6-2-4-12-5-6/h6-8H,1-5,11H2. The van der Waals surface area contributed by atoms with Crippen LogP contribution >= 0.6 is 11.8 Å². The number of hydrogen-bond acceptors (Lipinski definition) is 2. The van der Waals surface area contributed by atoms with E-state index >= 15 is 0 Å². The molecule has 0 bridgehead atoms. The highest BCUT2D eigenvalue weighted by molar-refractivity contribution is 7.99. The summed E-state index contributed by atoms with van der Waals surface area (Å²) in [6.45, 7) is 0.385.